The Balaban J connectivity index is 1.66. The van der Waals surface area contributed by atoms with Gasteiger partial charge in [0.2, 0.25) is 5.82 Å². The van der Waals surface area contributed by atoms with Gasteiger partial charge in [0.1, 0.15) is 11.7 Å². The molecule has 0 aliphatic carbocycles. The van der Waals surface area contributed by atoms with Gasteiger partial charge < -0.3 is 13.9 Å². The quantitative estimate of drug-likeness (QED) is 0.259. The highest BCUT2D eigenvalue weighted by Crippen LogP contribution is 2.36. The van der Waals surface area contributed by atoms with Gasteiger partial charge in [-0.1, -0.05) is 35.3 Å². The third-order valence-electron chi connectivity index (χ3n) is 5.31. The largest absolute Gasteiger partial charge is 0.493 e. The summed E-state index contributed by atoms with van der Waals surface area (Å²) in [6, 6.07) is 19.1. The van der Waals surface area contributed by atoms with Crippen LogP contribution in [0.2, 0.25) is 10.0 Å². The van der Waals surface area contributed by atoms with Gasteiger partial charge in [-0.05, 0) is 54.1 Å². The van der Waals surface area contributed by atoms with Crippen LogP contribution >= 0.6 is 23.2 Å². The van der Waals surface area contributed by atoms with Crippen LogP contribution < -0.4 is 15.0 Å². The molecule has 10 heteroatoms. The van der Waals surface area contributed by atoms with E-state index in [1.807, 2.05) is 6.07 Å². The number of benzene rings is 3. The van der Waals surface area contributed by atoms with Crippen molar-refractivity contribution in [3.05, 3.63) is 86.6 Å². The summed E-state index contributed by atoms with van der Waals surface area (Å²) in [6.45, 7) is -0.187. The Labute approximate surface area is 214 Å². The van der Waals surface area contributed by atoms with Crippen LogP contribution in [0.15, 0.2) is 75.0 Å². The van der Waals surface area contributed by atoms with Crippen LogP contribution in [0.25, 0.3) is 33.5 Å². The molecule has 2 aromatic heterocycles. The zero-order chi connectivity index (χ0) is 25.2. The van der Waals surface area contributed by atoms with E-state index in [1.54, 1.807) is 60.7 Å². The number of aromatic nitrogens is 2. The number of fused-ring (bicyclic) bond motifs is 2. The Kier molecular flexibility index (Phi) is 6.34. The minimum absolute atomic E-state index is 0.187. The molecule has 0 N–H and O–H groups in total. The van der Waals surface area contributed by atoms with E-state index < -0.39 is 0 Å². The molecule has 0 atom stereocenters. The van der Waals surface area contributed by atoms with E-state index in [9.17, 15) is 4.79 Å². The van der Waals surface area contributed by atoms with Crippen LogP contribution in [-0.2, 0) is 0 Å². The molecule has 0 aliphatic rings. The van der Waals surface area contributed by atoms with Crippen LogP contribution in [0, 0.1) is 11.3 Å². The molecule has 2 heterocycles. The monoisotopic (exact) mass is 518 g/mol. The number of ether oxygens (including phenoxy) is 2. The highest BCUT2D eigenvalue weighted by atomic mass is 35.5. The van der Waals surface area contributed by atoms with Crippen LogP contribution in [-0.4, -0.2) is 29.6 Å². The Morgan fingerprint density at radius 1 is 1.17 bits per heavy atom. The first-order chi connectivity index (χ1) is 17.5. The predicted octanol–water partition coefficient (Wildman–Crippen LogP) is 5.91. The van der Waals surface area contributed by atoms with E-state index in [2.05, 4.69) is 10.1 Å². The van der Waals surface area contributed by atoms with Crippen LogP contribution in [0.3, 0.4) is 0 Å². The molecule has 5 aromatic rings. The van der Waals surface area contributed by atoms with Crippen molar-refractivity contribution in [2.24, 2.45) is 5.10 Å². The van der Waals surface area contributed by atoms with E-state index >= 15 is 0 Å². The van der Waals surface area contributed by atoms with Crippen LogP contribution in [0.1, 0.15) is 5.56 Å². The molecule has 0 aliphatic heterocycles. The zero-order valence-electron chi connectivity index (χ0n) is 18.7. The Bertz CT molecular complexity index is 1750. The van der Waals surface area contributed by atoms with Crippen molar-refractivity contribution >= 4 is 51.3 Å². The van der Waals surface area contributed by atoms with Crippen molar-refractivity contribution in [3.8, 4) is 29.2 Å². The number of nitriles is 1. The number of hydrogen-bond donors (Lipinski definition) is 0. The molecule has 0 unspecified atom stereocenters. The molecule has 36 heavy (non-hydrogen) atoms. The summed E-state index contributed by atoms with van der Waals surface area (Å²) >= 11 is 12.5. The van der Waals surface area contributed by atoms with Gasteiger partial charge in [-0.3, -0.25) is 4.79 Å². The molecule has 0 saturated carbocycles. The molecule has 0 saturated heterocycles. The maximum Gasteiger partial charge on any atom is 0.282 e. The standard InChI is InChI=1S/C26H16Cl2N4O4/c1-34-22-11-15(10-19(28)24(22)35-9-8-29)14-30-32-25(31-20-5-3-2-4-18(20)26(32)33)23-13-16-12-17(27)6-7-21(16)36-23/h2-7,10-14H,9H2,1H3. The molecule has 0 radical (unpaired) electrons. The normalized spacial score (nSPS) is 11.3. The van der Waals surface area contributed by atoms with Gasteiger partial charge in [0.15, 0.2) is 23.9 Å². The van der Waals surface area contributed by atoms with Gasteiger partial charge in [0.05, 0.1) is 29.2 Å². The SMILES string of the molecule is COc1cc(C=Nn2c(-c3cc4cc(Cl)ccc4o3)nc3ccccc3c2=O)cc(Cl)c1OCC#N. The molecule has 0 bridgehead atoms. The molecular weight excluding hydrogens is 503 g/mol. The van der Waals surface area contributed by atoms with E-state index in [0.29, 0.717) is 38.6 Å². The summed E-state index contributed by atoms with van der Waals surface area (Å²) in [4.78, 5) is 18.1. The highest BCUT2D eigenvalue weighted by Gasteiger charge is 2.17. The van der Waals surface area contributed by atoms with Crippen molar-refractivity contribution in [1.82, 2.24) is 9.66 Å². The van der Waals surface area contributed by atoms with Gasteiger partial charge in [-0.2, -0.15) is 15.0 Å². The second kappa shape index (κ2) is 9.74. The second-order valence-corrected chi connectivity index (χ2v) is 8.43. The first-order valence-electron chi connectivity index (χ1n) is 10.6. The third kappa shape index (κ3) is 4.38. The average molecular weight is 519 g/mol. The van der Waals surface area contributed by atoms with Gasteiger partial charge in [0, 0.05) is 10.4 Å². The summed E-state index contributed by atoms with van der Waals surface area (Å²) in [5, 5.41) is 15.2. The van der Waals surface area contributed by atoms with Crippen molar-refractivity contribution in [1.29, 1.82) is 5.26 Å². The predicted molar refractivity (Wildman–Crippen MR) is 138 cm³/mol. The van der Waals surface area contributed by atoms with Crippen molar-refractivity contribution in [2.75, 3.05) is 13.7 Å². The lowest BCUT2D eigenvalue weighted by atomic mass is 10.2. The van der Waals surface area contributed by atoms with Crippen molar-refractivity contribution in [3.63, 3.8) is 0 Å². The average Bonchev–Trinajstić information content (AvgIpc) is 3.30. The molecule has 3 aromatic carbocycles. The third-order valence-corrected chi connectivity index (χ3v) is 5.82. The Morgan fingerprint density at radius 2 is 2.00 bits per heavy atom. The topological polar surface area (TPSA) is 103 Å². The number of furan rings is 1. The molecule has 0 amide bonds. The number of halogens is 2. The lowest BCUT2D eigenvalue weighted by Crippen LogP contribution is -2.20. The molecule has 0 fully saturated rings. The smallest absolute Gasteiger partial charge is 0.282 e. The number of hydrogen-bond acceptors (Lipinski definition) is 7. The van der Waals surface area contributed by atoms with E-state index in [1.165, 1.54) is 18.0 Å². The van der Waals surface area contributed by atoms with Crippen molar-refractivity contribution < 1.29 is 13.9 Å². The number of nitrogens with zero attached hydrogens (tertiary/aromatic N) is 4. The minimum atomic E-state index is -0.377. The van der Waals surface area contributed by atoms with Crippen LogP contribution in [0.4, 0.5) is 0 Å². The van der Waals surface area contributed by atoms with Gasteiger partial charge in [-0.25, -0.2) is 4.98 Å². The maximum atomic E-state index is 13.4. The fraction of sp³-hybridized carbons (Fsp3) is 0.0769. The van der Waals surface area contributed by atoms with E-state index in [-0.39, 0.29) is 28.8 Å². The van der Waals surface area contributed by atoms with Gasteiger partial charge in [0.25, 0.3) is 5.56 Å². The first-order valence-corrected chi connectivity index (χ1v) is 11.4. The molecular formula is C26H16Cl2N4O4. The summed E-state index contributed by atoms with van der Waals surface area (Å²) in [6.07, 6.45) is 1.45. The molecule has 5 rings (SSSR count). The second-order valence-electron chi connectivity index (χ2n) is 7.59. The Hall–Kier alpha value is -4.32. The first kappa shape index (κ1) is 23.4. The minimum Gasteiger partial charge on any atom is -0.493 e. The number of methoxy groups -OCH3 is 1. The lowest BCUT2D eigenvalue weighted by molar-refractivity contribution is 0.330. The molecule has 8 nitrogen and oxygen atoms in total. The molecule has 178 valence electrons. The fourth-order valence-electron chi connectivity index (χ4n) is 3.70. The summed E-state index contributed by atoms with van der Waals surface area (Å²) < 4.78 is 17.8. The maximum absolute atomic E-state index is 13.4. The Morgan fingerprint density at radius 3 is 2.81 bits per heavy atom. The number of rotatable bonds is 6. The number of para-hydroxylation sites is 1. The fourth-order valence-corrected chi connectivity index (χ4v) is 4.15. The summed E-state index contributed by atoms with van der Waals surface area (Å²) in [5.41, 5.74) is 1.25. The van der Waals surface area contributed by atoms with Gasteiger partial charge >= 0.3 is 0 Å². The zero-order valence-corrected chi connectivity index (χ0v) is 20.2. The molecule has 0 spiro atoms. The lowest BCUT2D eigenvalue weighted by Gasteiger charge is -2.11. The van der Waals surface area contributed by atoms with Crippen molar-refractivity contribution in [2.45, 2.75) is 0 Å². The highest BCUT2D eigenvalue weighted by molar-refractivity contribution is 6.32. The summed E-state index contributed by atoms with van der Waals surface area (Å²) in [5.74, 6) is 1.12. The summed E-state index contributed by atoms with van der Waals surface area (Å²) in [7, 11) is 1.45. The van der Waals surface area contributed by atoms with Gasteiger partial charge in [-0.15, -0.1) is 0 Å². The van der Waals surface area contributed by atoms with Crippen LogP contribution in [0.5, 0.6) is 11.5 Å². The van der Waals surface area contributed by atoms with E-state index in [4.69, 9.17) is 42.4 Å². The van der Waals surface area contributed by atoms with E-state index in [0.717, 1.165) is 5.39 Å².